The highest BCUT2D eigenvalue weighted by atomic mass is 16.5. The van der Waals surface area contributed by atoms with Crippen molar-refractivity contribution in [3.8, 4) is 11.1 Å². The number of carboxylic acids is 1. The molecule has 2 amide bonds. The maximum Gasteiger partial charge on any atom is 0.407 e. The normalized spacial score (nSPS) is 13.9. The number of amides is 2. The van der Waals surface area contributed by atoms with E-state index in [9.17, 15) is 14.4 Å². The number of aliphatic hydroxyl groups excluding tert-OH is 1. The molecule has 3 rings (SSSR count). The number of nitrogens with one attached hydrogen (secondary N) is 2. The SMILES string of the molecule is CCOC(CNC(=O)OCC1c2ccccc2-c2ccccc21)CC(=O)N[C@H](CCO)C(=O)O. The van der Waals surface area contributed by atoms with Gasteiger partial charge in [0.05, 0.1) is 12.5 Å². The molecule has 9 nitrogen and oxygen atoms in total. The van der Waals surface area contributed by atoms with Crippen molar-refractivity contribution in [2.45, 2.75) is 37.8 Å². The summed E-state index contributed by atoms with van der Waals surface area (Å²) in [6.45, 7) is 1.89. The Morgan fingerprint density at radius 1 is 1.03 bits per heavy atom. The van der Waals surface area contributed by atoms with E-state index in [-0.39, 0.29) is 38.5 Å². The molecule has 0 bridgehead atoms. The summed E-state index contributed by atoms with van der Waals surface area (Å²) in [6, 6.07) is 14.9. The average molecular weight is 471 g/mol. The van der Waals surface area contributed by atoms with E-state index in [4.69, 9.17) is 19.7 Å². The Labute approximate surface area is 198 Å². The minimum absolute atomic E-state index is 0.0235. The molecule has 0 saturated heterocycles. The molecule has 0 aliphatic heterocycles. The summed E-state index contributed by atoms with van der Waals surface area (Å²) in [7, 11) is 0. The van der Waals surface area contributed by atoms with Gasteiger partial charge in [-0.15, -0.1) is 0 Å². The van der Waals surface area contributed by atoms with Gasteiger partial charge < -0.3 is 30.3 Å². The molecule has 34 heavy (non-hydrogen) atoms. The molecule has 0 radical (unpaired) electrons. The zero-order chi connectivity index (χ0) is 24.5. The van der Waals surface area contributed by atoms with Crippen LogP contribution < -0.4 is 10.6 Å². The first-order valence-electron chi connectivity index (χ1n) is 11.3. The number of carbonyl (C=O) groups is 3. The van der Waals surface area contributed by atoms with E-state index in [0.717, 1.165) is 22.3 Å². The minimum Gasteiger partial charge on any atom is -0.480 e. The van der Waals surface area contributed by atoms with Crippen LogP contribution in [0, 0.1) is 0 Å². The molecular formula is C25H30N2O7. The zero-order valence-corrected chi connectivity index (χ0v) is 19.0. The van der Waals surface area contributed by atoms with Crippen molar-refractivity contribution >= 4 is 18.0 Å². The van der Waals surface area contributed by atoms with Crippen LogP contribution in [-0.4, -0.2) is 66.7 Å². The fourth-order valence-corrected chi connectivity index (χ4v) is 4.12. The summed E-state index contributed by atoms with van der Waals surface area (Å²) >= 11 is 0. The van der Waals surface area contributed by atoms with Crippen LogP contribution in [0.25, 0.3) is 11.1 Å². The third-order valence-electron chi connectivity index (χ3n) is 5.68. The Kier molecular flexibility index (Phi) is 9.00. The molecule has 9 heteroatoms. The molecule has 0 aromatic heterocycles. The van der Waals surface area contributed by atoms with Crippen molar-refractivity contribution in [2.24, 2.45) is 0 Å². The van der Waals surface area contributed by atoms with E-state index < -0.39 is 30.1 Å². The van der Waals surface area contributed by atoms with Gasteiger partial charge in [-0.1, -0.05) is 48.5 Å². The van der Waals surface area contributed by atoms with Gasteiger partial charge in [0.15, 0.2) is 0 Å². The molecule has 182 valence electrons. The summed E-state index contributed by atoms with van der Waals surface area (Å²) in [4.78, 5) is 35.7. The average Bonchev–Trinajstić information content (AvgIpc) is 3.14. The number of hydrogen-bond donors (Lipinski definition) is 4. The van der Waals surface area contributed by atoms with Crippen LogP contribution >= 0.6 is 0 Å². The lowest BCUT2D eigenvalue weighted by molar-refractivity contribution is -0.142. The monoisotopic (exact) mass is 470 g/mol. The Balaban J connectivity index is 1.52. The molecule has 4 N–H and O–H groups in total. The maximum absolute atomic E-state index is 12.4. The van der Waals surface area contributed by atoms with Crippen LogP contribution in [0.1, 0.15) is 36.8 Å². The summed E-state index contributed by atoms with van der Waals surface area (Å²) in [5.74, 6) is -1.84. The van der Waals surface area contributed by atoms with E-state index >= 15 is 0 Å². The molecule has 1 aliphatic carbocycles. The first kappa shape index (κ1) is 25.2. The summed E-state index contributed by atoms with van der Waals surface area (Å²) in [6.07, 6.45) is -1.53. The van der Waals surface area contributed by atoms with Gasteiger partial charge in [-0.3, -0.25) is 4.79 Å². The largest absolute Gasteiger partial charge is 0.480 e. The predicted molar refractivity (Wildman–Crippen MR) is 124 cm³/mol. The van der Waals surface area contributed by atoms with E-state index in [2.05, 4.69) is 22.8 Å². The smallest absolute Gasteiger partial charge is 0.407 e. The maximum atomic E-state index is 12.4. The van der Waals surface area contributed by atoms with Gasteiger partial charge in [-0.25, -0.2) is 9.59 Å². The highest BCUT2D eigenvalue weighted by Gasteiger charge is 2.29. The van der Waals surface area contributed by atoms with E-state index in [0.29, 0.717) is 6.61 Å². The van der Waals surface area contributed by atoms with Crippen LogP contribution in [-0.2, 0) is 19.1 Å². The van der Waals surface area contributed by atoms with Crippen LogP contribution in [0.4, 0.5) is 4.79 Å². The van der Waals surface area contributed by atoms with Crippen LogP contribution in [0.15, 0.2) is 48.5 Å². The number of carbonyl (C=O) groups excluding carboxylic acids is 2. The number of alkyl carbamates (subject to hydrolysis) is 1. The van der Waals surface area contributed by atoms with Crippen LogP contribution in [0.5, 0.6) is 0 Å². The molecule has 0 spiro atoms. The second kappa shape index (κ2) is 12.2. The highest BCUT2D eigenvalue weighted by Crippen LogP contribution is 2.44. The second-order valence-corrected chi connectivity index (χ2v) is 7.96. The number of benzene rings is 2. The number of aliphatic carboxylic acids is 1. The van der Waals surface area contributed by atoms with Crippen LogP contribution in [0.2, 0.25) is 0 Å². The Morgan fingerprint density at radius 3 is 2.21 bits per heavy atom. The third-order valence-corrected chi connectivity index (χ3v) is 5.68. The summed E-state index contributed by atoms with van der Waals surface area (Å²) < 4.78 is 11.0. The van der Waals surface area contributed by atoms with E-state index in [1.54, 1.807) is 6.92 Å². The van der Waals surface area contributed by atoms with E-state index in [1.807, 2.05) is 36.4 Å². The molecule has 0 fully saturated rings. The lowest BCUT2D eigenvalue weighted by Gasteiger charge is -2.20. The molecule has 2 aromatic carbocycles. The standard InChI is InChI=1S/C25H30N2O7/c1-2-33-16(13-23(29)27-22(11-12-28)24(30)31)14-26-25(32)34-15-21-19-9-5-3-7-17(19)18-8-4-6-10-20(18)21/h3-10,16,21-22,28H,2,11-15H2,1H3,(H,26,32)(H,27,29)(H,30,31)/t16?,22-/m1/s1. The van der Waals surface area contributed by atoms with Crippen molar-refractivity contribution in [1.29, 1.82) is 0 Å². The highest BCUT2D eigenvalue weighted by molar-refractivity contribution is 5.84. The number of aliphatic hydroxyl groups is 1. The van der Waals surface area contributed by atoms with Gasteiger partial charge in [0.25, 0.3) is 0 Å². The molecule has 2 atom stereocenters. The predicted octanol–water partition coefficient (Wildman–Crippen LogP) is 2.27. The van der Waals surface area contributed by atoms with E-state index in [1.165, 1.54) is 0 Å². The molecule has 0 heterocycles. The second-order valence-electron chi connectivity index (χ2n) is 7.96. The summed E-state index contributed by atoms with van der Waals surface area (Å²) in [5, 5.41) is 23.0. The Bertz CT molecular complexity index is 965. The first-order chi connectivity index (χ1) is 16.4. The minimum atomic E-state index is -1.23. The third kappa shape index (κ3) is 6.33. The lowest BCUT2D eigenvalue weighted by Crippen LogP contribution is -2.44. The van der Waals surface area contributed by atoms with Gasteiger partial charge in [-0.05, 0) is 29.2 Å². The van der Waals surface area contributed by atoms with Crippen molar-refractivity contribution in [3.63, 3.8) is 0 Å². The van der Waals surface area contributed by atoms with Crippen molar-refractivity contribution in [1.82, 2.24) is 10.6 Å². The van der Waals surface area contributed by atoms with Crippen molar-refractivity contribution in [3.05, 3.63) is 59.7 Å². The van der Waals surface area contributed by atoms with Gasteiger partial charge in [0.1, 0.15) is 12.6 Å². The molecule has 0 saturated carbocycles. The quantitative estimate of drug-likeness (QED) is 0.374. The Morgan fingerprint density at radius 2 is 1.65 bits per heavy atom. The molecular weight excluding hydrogens is 440 g/mol. The zero-order valence-electron chi connectivity index (χ0n) is 19.0. The van der Waals surface area contributed by atoms with Gasteiger partial charge in [-0.2, -0.15) is 0 Å². The fraction of sp³-hybridized carbons (Fsp3) is 0.400. The number of ether oxygens (including phenoxy) is 2. The van der Waals surface area contributed by atoms with Gasteiger partial charge in [0.2, 0.25) is 5.91 Å². The number of fused-ring (bicyclic) bond motifs is 3. The van der Waals surface area contributed by atoms with Gasteiger partial charge >= 0.3 is 12.1 Å². The number of carboxylic acid groups (broad SMARTS) is 1. The number of hydrogen-bond acceptors (Lipinski definition) is 6. The summed E-state index contributed by atoms with van der Waals surface area (Å²) in [5.41, 5.74) is 4.48. The molecule has 2 aromatic rings. The Hall–Kier alpha value is -3.43. The fourth-order valence-electron chi connectivity index (χ4n) is 4.12. The molecule has 1 aliphatic rings. The topological polar surface area (TPSA) is 134 Å². The molecule has 1 unspecified atom stereocenters. The first-order valence-corrected chi connectivity index (χ1v) is 11.3. The number of rotatable bonds is 12. The van der Waals surface area contributed by atoms with Crippen molar-refractivity contribution in [2.75, 3.05) is 26.4 Å². The van der Waals surface area contributed by atoms with Crippen LogP contribution in [0.3, 0.4) is 0 Å². The lowest BCUT2D eigenvalue weighted by atomic mass is 9.98. The van der Waals surface area contributed by atoms with Crippen molar-refractivity contribution < 1.29 is 34.1 Å². The van der Waals surface area contributed by atoms with Gasteiger partial charge in [0, 0.05) is 32.1 Å².